The summed E-state index contributed by atoms with van der Waals surface area (Å²) in [5.74, 6) is 0.397. The third-order valence-corrected chi connectivity index (χ3v) is 19.3. The molecule has 10 nitrogen and oxygen atoms in total. The Hall–Kier alpha value is -1.12. The minimum atomic E-state index is -2.75. The Balaban J connectivity index is 1.40. The van der Waals surface area contributed by atoms with Crippen molar-refractivity contribution in [2.75, 3.05) is 6.61 Å². The summed E-state index contributed by atoms with van der Waals surface area (Å²) < 4.78 is 43.2. The van der Waals surface area contributed by atoms with Crippen LogP contribution in [0.2, 0.25) is 18.1 Å². The number of halogens is 1. The molecule has 2 aromatic heterocycles. The van der Waals surface area contributed by atoms with Crippen LogP contribution >= 0.6 is 17.1 Å². The van der Waals surface area contributed by atoms with E-state index in [9.17, 15) is 9.90 Å². The van der Waals surface area contributed by atoms with Gasteiger partial charge in [0.2, 0.25) is 5.69 Å². The zero-order chi connectivity index (χ0) is 30.1. The summed E-state index contributed by atoms with van der Waals surface area (Å²) in [4.78, 5) is 22.5. The molecule has 4 heterocycles. The normalized spacial score (nSPS) is 36.1. The van der Waals surface area contributed by atoms with Gasteiger partial charge in [-0.3, -0.25) is 14.3 Å². The molecule has 2 aliphatic heterocycles. The van der Waals surface area contributed by atoms with Crippen molar-refractivity contribution in [1.29, 1.82) is 0 Å². The van der Waals surface area contributed by atoms with Gasteiger partial charge in [-0.25, -0.2) is 9.37 Å². The Morgan fingerprint density at radius 1 is 1.46 bits per heavy atom. The predicted octanol–water partition coefficient (Wildman–Crippen LogP) is 5.96. The van der Waals surface area contributed by atoms with Crippen LogP contribution in [0.3, 0.4) is 0 Å². The maximum absolute atomic E-state index is 16.4. The smallest absolute Gasteiger partial charge is 0.296 e. The van der Waals surface area contributed by atoms with Gasteiger partial charge in [-0.2, -0.15) is 4.98 Å². The van der Waals surface area contributed by atoms with E-state index in [1.54, 1.807) is 11.4 Å². The molecule has 8 atom stereocenters. The molecule has 0 bridgehead atoms. The van der Waals surface area contributed by atoms with Crippen molar-refractivity contribution < 1.29 is 27.7 Å². The van der Waals surface area contributed by atoms with Gasteiger partial charge in [-0.1, -0.05) is 44.3 Å². The highest BCUT2D eigenvalue weighted by Crippen LogP contribution is 2.75. The molecule has 3 fully saturated rings. The highest BCUT2D eigenvalue weighted by molar-refractivity contribution is 8.68. The van der Waals surface area contributed by atoms with Crippen molar-refractivity contribution in [2.45, 2.75) is 107 Å². The summed E-state index contributed by atoms with van der Waals surface area (Å²) in [5, 5.41) is 9.71. The summed E-state index contributed by atoms with van der Waals surface area (Å²) in [5.41, 5.74) is -2.25. The minimum absolute atomic E-state index is 0.0116. The first-order valence-electron chi connectivity index (χ1n) is 13.9. The van der Waals surface area contributed by atoms with Gasteiger partial charge in [0.1, 0.15) is 12.2 Å². The zero-order valence-corrected chi connectivity index (χ0v) is 28.1. The van der Waals surface area contributed by atoms with E-state index in [0.717, 1.165) is 24.8 Å². The van der Waals surface area contributed by atoms with Gasteiger partial charge in [0, 0.05) is 4.75 Å². The molecule has 2 saturated heterocycles. The number of allylic oxidation sites excluding steroid dienone is 1. The van der Waals surface area contributed by atoms with Crippen LogP contribution in [-0.2, 0) is 30.0 Å². The molecule has 228 valence electrons. The van der Waals surface area contributed by atoms with Crippen LogP contribution < -0.4 is 5.56 Å². The van der Waals surface area contributed by atoms with Gasteiger partial charge >= 0.3 is 0 Å². The van der Waals surface area contributed by atoms with Gasteiger partial charge in [0.25, 0.3) is 11.6 Å². The molecular weight excluding hydrogens is 607 g/mol. The second-order valence-electron chi connectivity index (χ2n) is 13.1. The van der Waals surface area contributed by atoms with E-state index < -0.39 is 50.2 Å². The van der Waals surface area contributed by atoms with Gasteiger partial charge in [-0.05, 0) is 69.0 Å². The summed E-state index contributed by atoms with van der Waals surface area (Å²) in [6.45, 7) is 18.7. The molecule has 1 saturated carbocycles. The standard InChI is InChI=1S/C26H40FN4O6PS2Si/c1-14(2)15-9-10-26(6)17(11-15)36-38(39,40-26)34-12-16-20(37-41(7,8)25(3,4)5)18(27)23(35-16)31-13-28-19-21(31)29-24(33)30-22(19)32/h13,15-18,20,23H,1,9-12H2,2-8H3,(H2,29,30,32,33)/t15-,16-,17+,18-,20-,23-,26+,38+/m1/s1. The summed E-state index contributed by atoms with van der Waals surface area (Å²) in [6, 6.07) is -0.594. The molecule has 5 rings (SSSR count). The first kappa shape index (κ1) is 31.3. The number of imidazole rings is 1. The Labute approximate surface area is 249 Å². The summed E-state index contributed by atoms with van der Waals surface area (Å²) in [6.07, 6.45) is -0.493. The second kappa shape index (κ2) is 10.8. The van der Waals surface area contributed by atoms with Crippen molar-refractivity contribution >= 4 is 48.4 Å². The molecule has 2 aromatic rings. The van der Waals surface area contributed by atoms with Crippen LogP contribution in [0.25, 0.3) is 11.2 Å². The average molecular weight is 647 g/mol. The van der Waals surface area contributed by atoms with Gasteiger partial charge in [0.15, 0.2) is 31.9 Å². The molecule has 3 aliphatic rings. The number of H-pyrrole nitrogens is 1. The average Bonchev–Trinajstić information content (AvgIpc) is 3.48. The van der Waals surface area contributed by atoms with Crippen molar-refractivity contribution in [2.24, 2.45) is 5.92 Å². The summed E-state index contributed by atoms with van der Waals surface area (Å²) in [7, 11) is -2.45. The van der Waals surface area contributed by atoms with Crippen LogP contribution in [0.5, 0.6) is 6.01 Å². The Morgan fingerprint density at radius 2 is 2.17 bits per heavy atom. The number of hydrogen-bond donors (Lipinski definition) is 2. The lowest BCUT2D eigenvalue weighted by Crippen LogP contribution is -2.49. The molecule has 0 spiro atoms. The molecule has 0 radical (unpaired) electrons. The van der Waals surface area contributed by atoms with E-state index in [2.05, 4.69) is 69.2 Å². The Kier molecular flexibility index (Phi) is 8.24. The largest absolute Gasteiger partial charge is 0.480 e. The molecule has 15 heteroatoms. The predicted molar refractivity (Wildman–Crippen MR) is 164 cm³/mol. The van der Waals surface area contributed by atoms with Crippen molar-refractivity contribution in [1.82, 2.24) is 19.5 Å². The lowest BCUT2D eigenvalue weighted by molar-refractivity contribution is -0.0406. The number of fused-ring (bicyclic) bond motifs is 2. The third kappa shape index (κ3) is 5.87. The van der Waals surface area contributed by atoms with Crippen LogP contribution in [0.1, 0.15) is 60.1 Å². The zero-order valence-electron chi connectivity index (χ0n) is 24.5. The van der Waals surface area contributed by atoms with Crippen molar-refractivity contribution in [3.8, 4) is 6.01 Å². The van der Waals surface area contributed by atoms with Crippen LogP contribution in [-0.4, -0.2) is 68.8 Å². The van der Waals surface area contributed by atoms with Gasteiger partial charge in [-0.15, -0.1) is 0 Å². The first-order valence-corrected chi connectivity index (χ1v) is 20.8. The molecular formula is C26H40FN4O6PS2Si. The van der Waals surface area contributed by atoms with Crippen LogP contribution in [0, 0.1) is 5.92 Å². The number of aromatic amines is 1. The quantitative estimate of drug-likeness (QED) is 0.212. The molecule has 0 aromatic carbocycles. The van der Waals surface area contributed by atoms with E-state index >= 15 is 4.39 Å². The molecule has 41 heavy (non-hydrogen) atoms. The summed E-state index contributed by atoms with van der Waals surface area (Å²) >= 11 is 7.56. The maximum atomic E-state index is 16.4. The lowest BCUT2D eigenvalue weighted by atomic mass is 9.77. The van der Waals surface area contributed by atoms with E-state index in [1.165, 1.54) is 10.9 Å². The van der Waals surface area contributed by atoms with Crippen molar-refractivity contribution in [3.05, 3.63) is 28.8 Å². The second-order valence-corrected chi connectivity index (χ2v) is 24.5. The fraction of sp³-hybridized carbons (Fsp3) is 0.731. The van der Waals surface area contributed by atoms with Crippen molar-refractivity contribution in [3.63, 3.8) is 0 Å². The fourth-order valence-corrected chi connectivity index (χ4v) is 13.9. The first-order chi connectivity index (χ1) is 18.9. The Bertz CT molecular complexity index is 1450. The minimum Gasteiger partial charge on any atom is -0.480 e. The molecule has 0 amide bonds. The maximum Gasteiger partial charge on any atom is 0.296 e. The van der Waals surface area contributed by atoms with Crippen LogP contribution in [0.15, 0.2) is 23.3 Å². The highest BCUT2D eigenvalue weighted by Gasteiger charge is 2.55. The van der Waals surface area contributed by atoms with E-state index in [4.69, 9.17) is 30.0 Å². The van der Waals surface area contributed by atoms with Gasteiger partial charge in [0.05, 0.1) is 19.0 Å². The van der Waals surface area contributed by atoms with E-state index in [0.29, 0.717) is 5.92 Å². The number of aromatic nitrogens is 4. The number of nitrogens with zero attached hydrogens (tertiary/aromatic N) is 3. The highest BCUT2D eigenvalue weighted by atomic mass is 32.9. The van der Waals surface area contributed by atoms with Gasteiger partial charge < -0.3 is 23.3 Å². The number of nitrogens with one attached hydrogen (secondary N) is 1. The topological polar surface area (TPSA) is 121 Å². The molecule has 0 unspecified atom stereocenters. The number of aromatic hydroxyl groups is 1. The number of hydrogen-bond acceptors (Lipinski definition) is 10. The van der Waals surface area contributed by atoms with E-state index in [-0.39, 0.29) is 33.7 Å². The number of rotatable bonds is 7. The number of ether oxygens (including phenoxy) is 1. The third-order valence-electron chi connectivity index (χ3n) is 9.04. The number of alkyl halides is 1. The molecule has 2 N–H and O–H groups in total. The fourth-order valence-electron chi connectivity index (χ4n) is 5.42. The van der Waals surface area contributed by atoms with Crippen LogP contribution in [0.4, 0.5) is 4.39 Å². The van der Waals surface area contributed by atoms with E-state index in [1.807, 2.05) is 0 Å². The SMILES string of the molecule is C=C(C)[C@@H]1CC[C@]2(C)S[P@@](=S)(OC[C@H]3O[C@@H](n4cnc5c(=O)[nH]c(O)nc54)[C@H](F)[C@@H]3O[Si](C)(C)C(C)(C)C)O[C@H]2C1. The monoisotopic (exact) mass is 646 g/mol. The Morgan fingerprint density at radius 3 is 2.83 bits per heavy atom. The molecule has 1 aliphatic carbocycles. The lowest BCUT2D eigenvalue weighted by Gasteiger charge is -2.39.